The number of alkyl halides is 1. The maximum atomic E-state index is 6.05. The van der Waals surface area contributed by atoms with Crippen LogP contribution in [-0.4, -0.2) is 7.11 Å². The van der Waals surface area contributed by atoms with E-state index in [9.17, 15) is 0 Å². The van der Waals surface area contributed by atoms with Crippen LogP contribution in [0.5, 0.6) is 5.75 Å². The number of ether oxygens (including phenoxy) is 1. The summed E-state index contributed by atoms with van der Waals surface area (Å²) in [4.78, 5) is 1.23. The van der Waals surface area contributed by atoms with E-state index < -0.39 is 0 Å². The second-order valence-electron chi connectivity index (χ2n) is 3.52. The second-order valence-corrected chi connectivity index (χ2v) is 8.13. The third kappa shape index (κ3) is 3.12. The molecule has 0 saturated heterocycles. The van der Waals surface area contributed by atoms with Gasteiger partial charge in [0, 0.05) is 19.9 Å². The van der Waals surface area contributed by atoms with Gasteiger partial charge >= 0.3 is 0 Å². The van der Waals surface area contributed by atoms with E-state index in [1.54, 1.807) is 18.4 Å². The van der Waals surface area contributed by atoms with Crippen molar-refractivity contribution in [1.29, 1.82) is 0 Å². The first-order valence-electron chi connectivity index (χ1n) is 4.95. The molecule has 2 aromatic rings. The van der Waals surface area contributed by atoms with E-state index in [0.29, 0.717) is 5.02 Å². The van der Waals surface area contributed by atoms with Gasteiger partial charge in [-0.2, -0.15) is 0 Å². The smallest absolute Gasteiger partial charge is 0.123 e. The standard InChI is InChI=1S/C12H8Br3ClOS/c1-17-9-3-2-6(16)4-7(9)11(14)10-5-8(13)12(15)18-10/h2-5,11H,1H3. The molecule has 0 amide bonds. The highest BCUT2D eigenvalue weighted by molar-refractivity contribution is 9.13. The van der Waals surface area contributed by atoms with Crippen molar-refractivity contribution in [1.82, 2.24) is 0 Å². The van der Waals surface area contributed by atoms with Crippen LogP contribution in [0.4, 0.5) is 0 Å². The molecule has 0 N–H and O–H groups in total. The molecule has 0 saturated carbocycles. The minimum atomic E-state index is 0.0544. The van der Waals surface area contributed by atoms with Crippen LogP contribution in [0.25, 0.3) is 0 Å². The van der Waals surface area contributed by atoms with Crippen molar-refractivity contribution in [3.05, 3.63) is 48.0 Å². The van der Waals surface area contributed by atoms with Crippen molar-refractivity contribution in [2.75, 3.05) is 7.11 Å². The molecule has 1 heterocycles. The van der Waals surface area contributed by atoms with E-state index in [4.69, 9.17) is 16.3 Å². The van der Waals surface area contributed by atoms with Crippen LogP contribution >= 0.6 is 70.7 Å². The van der Waals surface area contributed by atoms with Crippen LogP contribution in [0, 0.1) is 0 Å². The number of hydrogen-bond donors (Lipinski definition) is 0. The molecule has 1 aromatic carbocycles. The Hall–Kier alpha value is 0.450. The van der Waals surface area contributed by atoms with Crippen LogP contribution in [0.2, 0.25) is 5.02 Å². The van der Waals surface area contributed by atoms with Crippen molar-refractivity contribution < 1.29 is 4.74 Å². The zero-order valence-electron chi connectivity index (χ0n) is 9.22. The van der Waals surface area contributed by atoms with Crippen LogP contribution in [-0.2, 0) is 0 Å². The zero-order valence-corrected chi connectivity index (χ0v) is 15.5. The van der Waals surface area contributed by atoms with E-state index >= 15 is 0 Å². The maximum absolute atomic E-state index is 6.05. The molecule has 0 fully saturated rings. The highest BCUT2D eigenvalue weighted by atomic mass is 79.9. The van der Waals surface area contributed by atoms with E-state index in [1.807, 2.05) is 18.2 Å². The fourth-order valence-electron chi connectivity index (χ4n) is 1.54. The molecule has 0 radical (unpaired) electrons. The van der Waals surface area contributed by atoms with Crippen LogP contribution in [0.15, 0.2) is 32.5 Å². The average Bonchev–Trinajstić information content (AvgIpc) is 2.68. The van der Waals surface area contributed by atoms with Crippen molar-refractivity contribution in [2.45, 2.75) is 4.83 Å². The Labute approximate surface area is 140 Å². The largest absolute Gasteiger partial charge is 0.496 e. The van der Waals surface area contributed by atoms with Crippen LogP contribution in [0.1, 0.15) is 15.3 Å². The Kier molecular flexibility index (Phi) is 5.17. The predicted octanol–water partition coefficient (Wildman–Crippen LogP) is 6.42. The summed E-state index contributed by atoms with van der Waals surface area (Å²) in [5, 5.41) is 0.699. The Bertz CT molecular complexity index is 551. The maximum Gasteiger partial charge on any atom is 0.123 e. The first kappa shape index (κ1) is 14.9. The van der Waals surface area contributed by atoms with Crippen molar-refractivity contribution >= 4 is 70.7 Å². The third-order valence-electron chi connectivity index (χ3n) is 2.38. The number of rotatable bonds is 3. The zero-order chi connectivity index (χ0) is 13.3. The minimum Gasteiger partial charge on any atom is -0.496 e. The van der Waals surface area contributed by atoms with Gasteiger partial charge in [-0.05, 0) is 56.1 Å². The predicted molar refractivity (Wildman–Crippen MR) is 88.5 cm³/mol. The van der Waals surface area contributed by atoms with Gasteiger partial charge in [-0.25, -0.2) is 0 Å². The first-order chi connectivity index (χ1) is 8.52. The molecule has 0 aliphatic heterocycles. The molecule has 1 unspecified atom stereocenters. The molecule has 0 aliphatic rings. The summed E-state index contributed by atoms with van der Waals surface area (Å²) < 4.78 is 7.49. The topological polar surface area (TPSA) is 9.23 Å². The van der Waals surface area contributed by atoms with Gasteiger partial charge < -0.3 is 4.74 Å². The molecule has 96 valence electrons. The summed E-state index contributed by atoms with van der Waals surface area (Å²) in [5.74, 6) is 0.821. The number of methoxy groups -OCH3 is 1. The Morgan fingerprint density at radius 2 is 2.00 bits per heavy atom. The Morgan fingerprint density at radius 3 is 2.56 bits per heavy atom. The van der Waals surface area contributed by atoms with Crippen LogP contribution < -0.4 is 4.74 Å². The molecule has 1 atom stereocenters. The highest BCUT2D eigenvalue weighted by Gasteiger charge is 2.19. The van der Waals surface area contributed by atoms with Crippen molar-refractivity contribution in [3.8, 4) is 5.75 Å². The summed E-state index contributed by atoms with van der Waals surface area (Å²) >= 11 is 18.4. The lowest BCUT2D eigenvalue weighted by molar-refractivity contribution is 0.410. The fourth-order valence-corrected chi connectivity index (χ4v) is 4.58. The fraction of sp³-hybridized carbons (Fsp3) is 0.167. The average molecular weight is 475 g/mol. The molecule has 18 heavy (non-hydrogen) atoms. The molecular formula is C12H8Br3ClOS. The molecule has 1 nitrogen and oxygen atoms in total. The lowest BCUT2D eigenvalue weighted by Crippen LogP contribution is -1.95. The summed E-state index contributed by atoms with van der Waals surface area (Å²) in [5.41, 5.74) is 1.02. The van der Waals surface area contributed by atoms with Gasteiger partial charge in [-0.1, -0.05) is 27.5 Å². The quantitative estimate of drug-likeness (QED) is 0.466. The molecule has 0 spiro atoms. The number of halogens is 4. The number of thiophene rings is 1. The van der Waals surface area contributed by atoms with Gasteiger partial charge in [0.15, 0.2) is 0 Å². The van der Waals surface area contributed by atoms with Gasteiger partial charge in [0.1, 0.15) is 5.75 Å². The summed E-state index contributed by atoms with van der Waals surface area (Å²) in [6.07, 6.45) is 0. The van der Waals surface area contributed by atoms with Gasteiger partial charge in [-0.15, -0.1) is 11.3 Å². The Balaban J connectivity index is 2.44. The highest BCUT2D eigenvalue weighted by Crippen LogP contribution is 2.44. The number of benzene rings is 1. The van der Waals surface area contributed by atoms with Crippen LogP contribution in [0.3, 0.4) is 0 Å². The van der Waals surface area contributed by atoms with E-state index in [0.717, 1.165) is 19.6 Å². The molecule has 6 heteroatoms. The van der Waals surface area contributed by atoms with E-state index in [2.05, 4.69) is 53.9 Å². The van der Waals surface area contributed by atoms with Gasteiger partial charge in [0.05, 0.1) is 15.7 Å². The first-order valence-corrected chi connectivity index (χ1v) is 8.64. The SMILES string of the molecule is COc1ccc(Cl)cc1C(Br)c1cc(Br)c(Br)s1. The van der Waals surface area contributed by atoms with Gasteiger partial charge in [-0.3, -0.25) is 0 Å². The summed E-state index contributed by atoms with van der Waals surface area (Å²) in [7, 11) is 1.66. The molecule has 2 rings (SSSR count). The molecular weight excluding hydrogens is 467 g/mol. The lowest BCUT2D eigenvalue weighted by Gasteiger charge is -2.13. The van der Waals surface area contributed by atoms with Gasteiger partial charge in [0.2, 0.25) is 0 Å². The molecule has 0 bridgehead atoms. The summed E-state index contributed by atoms with van der Waals surface area (Å²) in [6, 6.07) is 7.70. The normalized spacial score (nSPS) is 12.5. The molecule has 0 aliphatic carbocycles. The second kappa shape index (κ2) is 6.27. The van der Waals surface area contributed by atoms with Crippen molar-refractivity contribution in [2.24, 2.45) is 0 Å². The monoisotopic (exact) mass is 472 g/mol. The van der Waals surface area contributed by atoms with Crippen molar-refractivity contribution in [3.63, 3.8) is 0 Å². The third-order valence-corrected chi connectivity index (χ3v) is 7.22. The lowest BCUT2D eigenvalue weighted by atomic mass is 10.1. The Morgan fingerprint density at radius 1 is 1.28 bits per heavy atom. The summed E-state index contributed by atoms with van der Waals surface area (Å²) in [6.45, 7) is 0. The number of hydrogen-bond acceptors (Lipinski definition) is 2. The van der Waals surface area contributed by atoms with E-state index in [-0.39, 0.29) is 4.83 Å². The van der Waals surface area contributed by atoms with Gasteiger partial charge in [0.25, 0.3) is 0 Å². The minimum absolute atomic E-state index is 0.0544. The molecule has 1 aromatic heterocycles. The van der Waals surface area contributed by atoms with E-state index in [1.165, 1.54) is 4.88 Å².